The highest BCUT2D eigenvalue weighted by Crippen LogP contribution is 2.36. The molecule has 1 saturated heterocycles. The highest BCUT2D eigenvalue weighted by atomic mass is 16.5. The van der Waals surface area contributed by atoms with E-state index in [2.05, 4.69) is 17.0 Å². The predicted molar refractivity (Wildman–Crippen MR) is 68.9 cm³/mol. The van der Waals surface area contributed by atoms with Crippen LogP contribution in [0, 0.1) is 0 Å². The van der Waals surface area contributed by atoms with Gasteiger partial charge in [-0.05, 0) is 42.5 Å². The third-order valence-electron chi connectivity index (χ3n) is 3.91. The van der Waals surface area contributed by atoms with Crippen LogP contribution >= 0.6 is 0 Å². The van der Waals surface area contributed by atoms with Gasteiger partial charge in [0.05, 0.1) is 6.61 Å². The molecule has 0 radical (unpaired) electrons. The SMILES string of the molecule is Nc1ccc2c(c1)CCC2N1CCCOCC1. The van der Waals surface area contributed by atoms with E-state index in [1.807, 2.05) is 6.07 Å². The fraction of sp³-hybridized carbons (Fsp3) is 0.571. The molecule has 0 spiro atoms. The van der Waals surface area contributed by atoms with E-state index < -0.39 is 0 Å². The number of nitrogens with two attached hydrogens (primary N) is 1. The van der Waals surface area contributed by atoms with Crippen LogP contribution in [0.15, 0.2) is 18.2 Å². The molecule has 1 atom stereocenters. The number of hydrogen-bond acceptors (Lipinski definition) is 3. The monoisotopic (exact) mass is 232 g/mol. The van der Waals surface area contributed by atoms with Gasteiger partial charge in [0.15, 0.2) is 0 Å². The van der Waals surface area contributed by atoms with Crippen molar-refractivity contribution in [3.63, 3.8) is 0 Å². The fourth-order valence-corrected chi connectivity index (χ4v) is 3.07. The van der Waals surface area contributed by atoms with Gasteiger partial charge in [-0.25, -0.2) is 0 Å². The second kappa shape index (κ2) is 4.67. The average Bonchev–Trinajstić information content (AvgIpc) is 2.57. The second-order valence-corrected chi connectivity index (χ2v) is 5.01. The Bertz CT molecular complexity index is 397. The fourth-order valence-electron chi connectivity index (χ4n) is 3.07. The van der Waals surface area contributed by atoms with Crippen LogP contribution in [0.5, 0.6) is 0 Å². The van der Waals surface area contributed by atoms with Gasteiger partial charge in [-0.15, -0.1) is 0 Å². The molecule has 1 heterocycles. The van der Waals surface area contributed by atoms with E-state index in [0.717, 1.165) is 38.4 Å². The van der Waals surface area contributed by atoms with Crippen molar-refractivity contribution >= 4 is 5.69 Å². The number of anilines is 1. The Hall–Kier alpha value is -1.06. The lowest BCUT2D eigenvalue weighted by Gasteiger charge is -2.27. The Morgan fingerprint density at radius 3 is 3.12 bits per heavy atom. The van der Waals surface area contributed by atoms with Gasteiger partial charge in [0.2, 0.25) is 0 Å². The third-order valence-corrected chi connectivity index (χ3v) is 3.91. The molecule has 1 aliphatic heterocycles. The molecule has 1 aromatic carbocycles. The van der Waals surface area contributed by atoms with Crippen LogP contribution in [-0.2, 0) is 11.2 Å². The van der Waals surface area contributed by atoms with Crippen molar-refractivity contribution in [1.82, 2.24) is 4.90 Å². The van der Waals surface area contributed by atoms with Gasteiger partial charge in [-0.1, -0.05) is 6.07 Å². The van der Waals surface area contributed by atoms with Crippen molar-refractivity contribution in [1.29, 1.82) is 0 Å². The Labute approximate surface area is 103 Å². The number of aryl methyl sites for hydroxylation is 1. The molecule has 0 saturated carbocycles. The van der Waals surface area contributed by atoms with Crippen molar-refractivity contribution in [2.75, 3.05) is 32.0 Å². The summed E-state index contributed by atoms with van der Waals surface area (Å²) in [5, 5.41) is 0. The number of nitrogen functional groups attached to an aromatic ring is 1. The molecule has 17 heavy (non-hydrogen) atoms. The molecule has 3 rings (SSSR count). The first-order valence-electron chi connectivity index (χ1n) is 6.55. The third kappa shape index (κ3) is 2.17. The highest BCUT2D eigenvalue weighted by molar-refractivity contribution is 5.47. The number of hydrogen-bond donors (Lipinski definition) is 1. The minimum atomic E-state index is 0.590. The first-order valence-corrected chi connectivity index (χ1v) is 6.55. The van der Waals surface area contributed by atoms with Crippen LogP contribution in [0.4, 0.5) is 5.69 Å². The largest absolute Gasteiger partial charge is 0.399 e. The molecule has 92 valence electrons. The molecular weight excluding hydrogens is 212 g/mol. The maximum atomic E-state index is 5.85. The summed E-state index contributed by atoms with van der Waals surface area (Å²) in [5.41, 5.74) is 9.67. The predicted octanol–water partition coefficient (Wildman–Crippen LogP) is 1.98. The van der Waals surface area contributed by atoms with E-state index in [-0.39, 0.29) is 0 Å². The molecular formula is C14H20N2O. The molecule has 1 fully saturated rings. The Kier molecular flexibility index (Phi) is 3.04. The molecule has 1 aliphatic carbocycles. The number of nitrogens with zero attached hydrogens (tertiary/aromatic N) is 1. The first kappa shape index (κ1) is 11.1. The van der Waals surface area contributed by atoms with Gasteiger partial charge in [0.25, 0.3) is 0 Å². The van der Waals surface area contributed by atoms with Gasteiger partial charge in [-0.2, -0.15) is 0 Å². The maximum Gasteiger partial charge on any atom is 0.0593 e. The highest BCUT2D eigenvalue weighted by Gasteiger charge is 2.28. The number of benzene rings is 1. The molecule has 0 amide bonds. The van der Waals surface area contributed by atoms with E-state index in [1.165, 1.54) is 24.0 Å². The molecule has 3 heteroatoms. The van der Waals surface area contributed by atoms with E-state index in [9.17, 15) is 0 Å². The summed E-state index contributed by atoms with van der Waals surface area (Å²) in [4.78, 5) is 2.58. The van der Waals surface area contributed by atoms with E-state index in [1.54, 1.807) is 0 Å². The van der Waals surface area contributed by atoms with Gasteiger partial charge in [0.1, 0.15) is 0 Å². The Morgan fingerprint density at radius 2 is 2.18 bits per heavy atom. The van der Waals surface area contributed by atoms with Crippen LogP contribution < -0.4 is 5.73 Å². The minimum Gasteiger partial charge on any atom is -0.399 e. The molecule has 0 bridgehead atoms. The molecule has 2 N–H and O–H groups in total. The summed E-state index contributed by atoms with van der Waals surface area (Å²) in [7, 11) is 0. The number of ether oxygens (including phenoxy) is 1. The summed E-state index contributed by atoms with van der Waals surface area (Å²) in [5.74, 6) is 0. The summed E-state index contributed by atoms with van der Waals surface area (Å²) in [6, 6.07) is 6.98. The minimum absolute atomic E-state index is 0.590. The molecule has 1 unspecified atom stereocenters. The van der Waals surface area contributed by atoms with Crippen molar-refractivity contribution in [2.45, 2.75) is 25.3 Å². The van der Waals surface area contributed by atoms with Crippen LogP contribution in [0.2, 0.25) is 0 Å². The topological polar surface area (TPSA) is 38.5 Å². The van der Waals surface area contributed by atoms with E-state index in [4.69, 9.17) is 10.5 Å². The Balaban J connectivity index is 1.82. The van der Waals surface area contributed by atoms with Crippen LogP contribution in [0.1, 0.15) is 30.0 Å². The standard InChI is InChI=1S/C14H20N2O/c15-12-3-4-13-11(10-12)2-5-14(13)16-6-1-8-17-9-7-16/h3-4,10,14H,1-2,5-9,15H2. The normalized spacial score (nSPS) is 25.5. The number of rotatable bonds is 1. The lowest BCUT2D eigenvalue weighted by atomic mass is 10.1. The average molecular weight is 232 g/mol. The van der Waals surface area contributed by atoms with Crippen LogP contribution in [0.25, 0.3) is 0 Å². The zero-order chi connectivity index (χ0) is 11.7. The van der Waals surface area contributed by atoms with Crippen molar-refractivity contribution in [3.05, 3.63) is 29.3 Å². The molecule has 3 nitrogen and oxygen atoms in total. The van der Waals surface area contributed by atoms with Gasteiger partial charge < -0.3 is 10.5 Å². The number of fused-ring (bicyclic) bond motifs is 1. The van der Waals surface area contributed by atoms with Crippen molar-refractivity contribution in [3.8, 4) is 0 Å². The van der Waals surface area contributed by atoms with Crippen LogP contribution in [-0.4, -0.2) is 31.2 Å². The summed E-state index contributed by atoms with van der Waals surface area (Å²) in [6.45, 7) is 4.02. The summed E-state index contributed by atoms with van der Waals surface area (Å²) in [6.07, 6.45) is 3.56. The zero-order valence-electron chi connectivity index (χ0n) is 10.2. The summed E-state index contributed by atoms with van der Waals surface area (Å²) >= 11 is 0. The van der Waals surface area contributed by atoms with Crippen LogP contribution in [0.3, 0.4) is 0 Å². The molecule has 2 aliphatic rings. The lowest BCUT2D eigenvalue weighted by molar-refractivity contribution is 0.131. The van der Waals surface area contributed by atoms with Crippen molar-refractivity contribution < 1.29 is 4.74 Å². The second-order valence-electron chi connectivity index (χ2n) is 5.01. The first-order chi connectivity index (χ1) is 8.34. The maximum absolute atomic E-state index is 5.85. The molecule has 0 aromatic heterocycles. The van der Waals surface area contributed by atoms with Gasteiger partial charge in [-0.3, -0.25) is 4.90 Å². The van der Waals surface area contributed by atoms with Gasteiger partial charge >= 0.3 is 0 Å². The van der Waals surface area contributed by atoms with E-state index >= 15 is 0 Å². The molecule has 1 aromatic rings. The van der Waals surface area contributed by atoms with Crippen molar-refractivity contribution in [2.24, 2.45) is 0 Å². The zero-order valence-corrected chi connectivity index (χ0v) is 10.2. The smallest absolute Gasteiger partial charge is 0.0593 e. The summed E-state index contributed by atoms with van der Waals surface area (Å²) < 4.78 is 5.53. The lowest BCUT2D eigenvalue weighted by Crippen LogP contribution is -2.29. The van der Waals surface area contributed by atoms with E-state index in [0.29, 0.717) is 6.04 Å². The Morgan fingerprint density at radius 1 is 1.24 bits per heavy atom. The van der Waals surface area contributed by atoms with Gasteiger partial charge in [0, 0.05) is 31.4 Å². The quantitative estimate of drug-likeness (QED) is 0.752.